The van der Waals surface area contributed by atoms with Crippen molar-refractivity contribution in [1.82, 2.24) is 4.31 Å². The van der Waals surface area contributed by atoms with Gasteiger partial charge in [-0.15, -0.1) is 0 Å². The highest BCUT2D eigenvalue weighted by Crippen LogP contribution is 2.39. The highest BCUT2D eigenvalue weighted by molar-refractivity contribution is 9.10. The molecule has 7 nitrogen and oxygen atoms in total. The number of benzene rings is 1. The molecule has 1 fully saturated rings. The van der Waals surface area contributed by atoms with E-state index in [1.54, 1.807) is 13.0 Å². The number of rotatable bonds is 4. The first-order chi connectivity index (χ1) is 12.8. The highest BCUT2D eigenvalue weighted by Gasteiger charge is 2.38. The van der Waals surface area contributed by atoms with Crippen molar-refractivity contribution in [2.45, 2.75) is 38.0 Å². The summed E-state index contributed by atoms with van der Waals surface area (Å²) in [6, 6.07) is 3.40. The molecule has 1 saturated heterocycles. The van der Waals surface area contributed by atoms with E-state index in [-0.39, 0.29) is 29.9 Å². The Morgan fingerprint density at radius 1 is 1.30 bits per heavy atom. The molecule has 1 atom stereocenters. The Hall–Kier alpha value is -1.45. The maximum atomic E-state index is 13.4. The average Bonchev–Trinajstić information content (AvgIpc) is 3.05. The van der Waals surface area contributed by atoms with Crippen molar-refractivity contribution in [1.29, 1.82) is 0 Å². The molecule has 0 saturated carbocycles. The van der Waals surface area contributed by atoms with E-state index in [2.05, 4.69) is 15.9 Å². The van der Waals surface area contributed by atoms with Gasteiger partial charge in [0, 0.05) is 31.0 Å². The number of carbonyl (C=O) groups is 2. The number of esters is 1. The quantitative estimate of drug-likeness (QED) is 0.646. The van der Waals surface area contributed by atoms with Crippen LogP contribution in [0.4, 0.5) is 5.69 Å². The minimum absolute atomic E-state index is 0.0997. The largest absolute Gasteiger partial charge is 0.466 e. The van der Waals surface area contributed by atoms with Crippen molar-refractivity contribution in [3.63, 3.8) is 0 Å². The number of ether oxygens (including phenoxy) is 1. The van der Waals surface area contributed by atoms with Gasteiger partial charge in [0.05, 0.1) is 18.2 Å². The summed E-state index contributed by atoms with van der Waals surface area (Å²) in [6.07, 6.45) is 1.82. The van der Waals surface area contributed by atoms with E-state index in [1.807, 2.05) is 6.07 Å². The van der Waals surface area contributed by atoms with Gasteiger partial charge in [-0.05, 0) is 43.9 Å². The maximum Gasteiger partial charge on any atom is 0.310 e. The number of halogens is 1. The summed E-state index contributed by atoms with van der Waals surface area (Å²) in [4.78, 5) is 25.7. The normalized spacial score (nSPS) is 20.4. The van der Waals surface area contributed by atoms with Crippen LogP contribution in [0.5, 0.6) is 0 Å². The monoisotopic (exact) mass is 458 g/mol. The third-order valence-electron chi connectivity index (χ3n) is 5.00. The van der Waals surface area contributed by atoms with E-state index >= 15 is 0 Å². The number of piperidine rings is 1. The highest BCUT2D eigenvalue weighted by atomic mass is 79.9. The minimum atomic E-state index is -3.86. The van der Waals surface area contributed by atoms with Crippen LogP contribution < -0.4 is 4.90 Å². The summed E-state index contributed by atoms with van der Waals surface area (Å²) in [5, 5.41) is 0. The van der Waals surface area contributed by atoms with Crippen molar-refractivity contribution < 1.29 is 22.7 Å². The van der Waals surface area contributed by atoms with E-state index in [9.17, 15) is 18.0 Å². The summed E-state index contributed by atoms with van der Waals surface area (Å²) in [7, 11) is -3.86. The van der Waals surface area contributed by atoms with Crippen LogP contribution >= 0.6 is 15.9 Å². The van der Waals surface area contributed by atoms with Crippen LogP contribution in [0.1, 0.15) is 32.3 Å². The maximum absolute atomic E-state index is 13.4. The molecule has 2 aliphatic heterocycles. The van der Waals surface area contributed by atoms with Crippen LogP contribution in [0, 0.1) is 5.92 Å². The van der Waals surface area contributed by atoms with E-state index in [1.165, 1.54) is 16.1 Å². The zero-order valence-corrected chi connectivity index (χ0v) is 17.8. The molecule has 0 spiro atoms. The summed E-state index contributed by atoms with van der Waals surface area (Å²) >= 11 is 3.38. The Morgan fingerprint density at radius 3 is 2.70 bits per heavy atom. The van der Waals surface area contributed by atoms with Gasteiger partial charge in [-0.2, -0.15) is 4.31 Å². The molecule has 1 aromatic carbocycles. The lowest BCUT2D eigenvalue weighted by Crippen LogP contribution is -2.43. The molecule has 1 aromatic rings. The van der Waals surface area contributed by atoms with Crippen molar-refractivity contribution >= 4 is 43.5 Å². The molecular formula is C18H23BrN2O5S. The zero-order chi connectivity index (χ0) is 19.8. The van der Waals surface area contributed by atoms with E-state index in [0.717, 1.165) is 5.56 Å². The average molecular weight is 459 g/mol. The number of nitrogens with zero attached hydrogens (tertiary/aromatic N) is 2. The van der Waals surface area contributed by atoms with E-state index < -0.39 is 15.9 Å². The number of hydrogen-bond donors (Lipinski definition) is 0. The topological polar surface area (TPSA) is 84.0 Å². The van der Waals surface area contributed by atoms with Crippen LogP contribution in [-0.2, 0) is 30.8 Å². The molecule has 0 aliphatic carbocycles. The van der Waals surface area contributed by atoms with Gasteiger partial charge in [0.25, 0.3) is 0 Å². The Bertz CT molecular complexity index is 871. The fraction of sp³-hybridized carbons (Fsp3) is 0.556. The summed E-state index contributed by atoms with van der Waals surface area (Å²) in [5.41, 5.74) is 1.29. The third-order valence-corrected chi connectivity index (χ3v) is 7.33. The lowest BCUT2D eigenvalue weighted by Gasteiger charge is -2.31. The number of amides is 1. The first-order valence-corrected chi connectivity index (χ1v) is 11.3. The lowest BCUT2D eigenvalue weighted by atomic mass is 10.0. The molecule has 9 heteroatoms. The number of anilines is 1. The van der Waals surface area contributed by atoms with Gasteiger partial charge in [0.1, 0.15) is 4.90 Å². The van der Waals surface area contributed by atoms with Gasteiger partial charge < -0.3 is 9.64 Å². The molecule has 0 bridgehead atoms. The van der Waals surface area contributed by atoms with E-state index in [4.69, 9.17) is 4.74 Å². The van der Waals surface area contributed by atoms with E-state index in [0.29, 0.717) is 42.5 Å². The molecular weight excluding hydrogens is 436 g/mol. The van der Waals surface area contributed by atoms with Crippen molar-refractivity contribution in [2.75, 3.05) is 31.1 Å². The Labute approximate surface area is 167 Å². The van der Waals surface area contributed by atoms with Gasteiger partial charge in [-0.3, -0.25) is 9.59 Å². The number of fused-ring (bicyclic) bond motifs is 1. The molecule has 0 aromatic heterocycles. The zero-order valence-electron chi connectivity index (χ0n) is 15.4. The molecule has 0 unspecified atom stereocenters. The fourth-order valence-electron chi connectivity index (χ4n) is 3.73. The predicted molar refractivity (Wildman–Crippen MR) is 104 cm³/mol. The van der Waals surface area contributed by atoms with Gasteiger partial charge in [0.15, 0.2) is 0 Å². The van der Waals surface area contributed by atoms with Gasteiger partial charge in [0.2, 0.25) is 15.9 Å². The Morgan fingerprint density at radius 2 is 2.04 bits per heavy atom. The van der Waals surface area contributed by atoms with Crippen LogP contribution in [0.2, 0.25) is 0 Å². The summed E-state index contributed by atoms with van der Waals surface area (Å²) < 4.78 is 33.9. The van der Waals surface area contributed by atoms with Crippen LogP contribution in [0.15, 0.2) is 21.5 Å². The number of sulfonamides is 1. The lowest BCUT2D eigenvalue weighted by molar-refractivity contribution is -0.149. The van der Waals surface area contributed by atoms with Gasteiger partial charge in [-0.25, -0.2) is 8.42 Å². The van der Waals surface area contributed by atoms with Gasteiger partial charge >= 0.3 is 5.97 Å². The molecule has 2 aliphatic rings. The number of hydrogen-bond acceptors (Lipinski definition) is 5. The van der Waals surface area contributed by atoms with Gasteiger partial charge in [-0.1, -0.05) is 15.9 Å². The molecule has 0 N–H and O–H groups in total. The minimum Gasteiger partial charge on any atom is -0.466 e. The SMILES string of the molecule is CCOC(=O)[C@@H]1CCCN(S(=O)(=O)c2cc(Br)cc3c2N(C(C)=O)CC3)C1. The second-order valence-electron chi connectivity index (χ2n) is 6.79. The summed E-state index contributed by atoms with van der Waals surface area (Å²) in [6.45, 7) is 4.35. The van der Waals surface area contributed by atoms with Crippen molar-refractivity contribution in [3.8, 4) is 0 Å². The second kappa shape index (κ2) is 7.89. The molecule has 0 radical (unpaired) electrons. The standard InChI is InChI=1S/C18H23BrN2O5S/c1-3-26-18(23)14-5-4-7-20(11-14)27(24,25)16-10-15(19)9-13-6-8-21(12(2)22)17(13)16/h9-10,14H,3-8,11H2,1-2H3/t14-/m1/s1. The predicted octanol–water partition coefficient (Wildman–Crippen LogP) is 2.32. The number of carbonyl (C=O) groups excluding carboxylic acids is 2. The Kier molecular flexibility index (Phi) is 5.93. The Balaban J connectivity index is 1.98. The first kappa shape index (κ1) is 20.3. The summed E-state index contributed by atoms with van der Waals surface area (Å²) in [5.74, 6) is -1.00. The molecule has 3 rings (SSSR count). The first-order valence-electron chi connectivity index (χ1n) is 9.03. The molecule has 27 heavy (non-hydrogen) atoms. The third kappa shape index (κ3) is 3.90. The van der Waals surface area contributed by atoms with Crippen LogP contribution in [0.25, 0.3) is 0 Å². The van der Waals surface area contributed by atoms with Crippen molar-refractivity contribution in [3.05, 3.63) is 22.2 Å². The second-order valence-corrected chi connectivity index (χ2v) is 9.61. The smallest absolute Gasteiger partial charge is 0.310 e. The van der Waals surface area contributed by atoms with Crippen molar-refractivity contribution in [2.24, 2.45) is 5.92 Å². The molecule has 1 amide bonds. The molecule has 148 valence electrons. The van der Waals surface area contributed by atoms with Crippen LogP contribution in [-0.4, -0.2) is 50.8 Å². The molecule has 2 heterocycles. The van der Waals surface area contributed by atoms with Crippen LogP contribution in [0.3, 0.4) is 0 Å². The fourth-order valence-corrected chi connectivity index (χ4v) is 6.18.